The molecule has 1 N–H and O–H groups in total. The smallest absolute Gasteiger partial charge is 0.234 e. The Hall–Kier alpha value is -2.81. The molecule has 2 aromatic heterocycles. The van der Waals surface area contributed by atoms with E-state index >= 15 is 0 Å². The summed E-state index contributed by atoms with van der Waals surface area (Å²) in [6.07, 6.45) is 0. The number of aromatic nitrogens is 4. The number of amides is 1. The molecule has 1 aromatic carbocycles. The van der Waals surface area contributed by atoms with Gasteiger partial charge in [0.05, 0.1) is 20.0 Å². The molecule has 0 radical (unpaired) electrons. The van der Waals surface area contributed by atoms with E-state index < -0.39 is 0 Å². The summed E-state index contributed by atoms with van der Waals surface area (Å²) < 4.78 is 12.1. The molecule has 0 unspecified atom stereocenters. The molecule has 142 valence electrons. The molecule has 3 aromatic rings. The van der Waals surface area contributed by atoms with Crippen LogP contribution in [-0.2, 0) is 4.79 Å². The molecule has 0 saturated carbocycles. The van der Waals surface area contributed by atoms with Gasteiger partial charge in [-0.3, -0.25) is 4.79 Å². The number of rotatable bonds is 7. The molecule has 3 rings (SSSR count). The van der Waals surface area contributed by atoms with Gasteiger partial charge in [0.1, 0.15) is 16.5 Å². The lowest BCUT2D eigenvalue weighted by Gasteiger charge is -2.10. The molecule has 0 atom stereocenters. The summed E-state index contributed by atoms with van der Waals surface area (Å²) in [6.45, 7) is 4.07. The van der Waals surface area contributed by atoms with Crippen LogP contribution >= 0.6 is 11.8 Å². The lowest BCUT2D eigenvalue weighted by molar-refractivity contribution is -0.113. The maximum absolute atomic E-state index is 12.3. The number of benzene rings is 1. The van der Waals surface area contributed by atoms with E-state index in [1.807, 2.05) is 26.0 Å². The van der Waals surface area contributed by atoms with E-state index in [2.05, 4.69) is 20.6 Å². The molecule has 1 amide bonds. The summed E-state index contributed by atoms with van der Waals surface area (Å²) >= 11 is 1.34. The van der Waals surface area contributed by atoms with Crippen LogP contribution in [0.15, 0.2) is 35.4 Å². The topological polar surface area (TPSA) is 90.6 Å². The van der Waals surface area contributed by atoms with Crippen molar-refractivity contribution < 1.29 is 14.3 Å². The summed E-state index contributed by atoms with van der Waals surface area (Å²) in [5.41, 5.74) is 1.30. The first-order valence-electron chi connectivity index (χ1n) is 8.38. The van der Waals surface area contributed by atoms with E-state index in [-0.39, 0.29) is 17.6 Å². The summed E-state index contributed by atoms with van der Waals surface area (Å²) in [4.78, 5) is 12.3. The molecule has 0 fully saturated rings. The quantitative estimate of drug-likeness (QED) is 0.623. The van der Waals surface area contributed by atoms with Crippen LogP contribution < -0.4 is 14.8 Å². The van der Waals surface area contributed by atoms with Crippen molar-refractivity contribution in [2.24, 2.45) is 0 Å². The molecule has 0 aliphatic heterocycles. The van der Waals surface area contributed by atoms with Gasteiger partial charge < -0.3 is 14.8 Å². The first kappa shape index (κ1) is 19.0. The van der Waals surface area contributed by atoms with Gasteiger partial charge in [0.2, 0.25) is 5.91 Å². The Morgan fingerprint density at radius 1 is 1.15 bits per heavy atom. The molecule has 0 bridgehead atoms. The fourth-order valence-electron chi connectivity index (χ4n) is 2.44. The van der Waals surface area contributed by atoms with E-state index in [9.17, 15) is 4.79 Å². The van der Waals surface area contributed by atoms with Gasteiger partial charge in [0, 0.05) is 29.8 Å². The van der Waals surface area contributed by atoms with E-state index in [0.717, 1.165) is 10.9 Å². The average molecular weight is 387 g/mol. The zero-order valence-electron chi connectivity index (χ0n) is 15.6. The molecule has 8 nitrogen and oxygen atoms in total. The van der Waals surface area contributed by atoms with Crippen LogP contribution in [-0.4, -0.2) is 45.7 Å². The minimum atomic E-state index is -0.148. The minimum Gasteiger partial charge on any atom is -0.497 e. The Morgan fingerprint density at radius 3 is 2.48 bits per heavy atom. The Bertz CT molecular complexity index is 935. The molecule has 9 heteroatoms. The second-order valence-electron chi connectivity index (χ2n) is 6.09. The molecule has 2 heterocycles. The van der Waals surface area contributed by atoms with Gasteiger partial charge in [-0.25, -0.2) is 0 Å². The predicted molar refractivity (Wildman–Crippen MR) is 104 cm³/mol. The highest BCUT2D eigenvalue weighted by molar-refractivity contribution is 7.99. The van der Waals surface area contributed by atoms with E-state index in [0.29, 0.717) is 22.8 Å². The van der Waals surface area contributed by atoms with E-state index in [1.54, 1.807) is 36.9 Å². The monoisotopic (exact) mass is 387 g/mol. The number of nitrogens with zero attached hydrogens (tertiary/aromatic N) is 4. The molecule has 0 spiro atoms. The summed E-state index contributed by atoms with van der Waals surface area (Å²) in [5.74, 6) is 2.29. The minimum absolute atomic E-state index is 0.148. The zero-order chi connectivity index (χ0) is 19.4. The summed E-state index contributed by atoms with van der Waals surface area (Å²) in [5, 5.41) is 16.4. The van der Waals surface area contributed by atoms with Crippen molar-refractivity contribution in [1.82, 2.24) is 19.8 Å². The third-order valence-electron chi connectivity index (χ3n) is 3.77. The highest BCUT2D eigenvalue weighted by Crippen LogP contribution is 2.26. The lowest BCUT2D eigenvalue weighted by Crippen LogP contribution is -2.14. The first-order chi connectivity index (χ1) is 13.0. The number of hydrogen-bond donors (Lipinski definition) is 1. The van der Waals surface area contributed by atoms with Gasteiger partial charge >= 0.3 is 0 Å². The largest absolute Gasteiger partial charge is 0.497 e. The number of methoxy groups -OCH3 is 2. The van der Waals surface area contributed by atoms with Gasteiger partial charge in [-0.1, -0.05) is 25.6 Å². The van der Waals surface area contributed by atoms with Gasteiger partial charge in [-0.15, -0.1) is 10.2 Å². The standard InChI is InChI=1S/C18H21N5O3S/c1-11(2)18-21-20-15-5-6-17(22-23(15)18)27-10-16(24)19-12-7-13(25-3)9-14(8-12)26-4/h5-9,11H,10H2,1-4H3,(H,19,24). The van der Waals surface area contributed by atoms with Gasteiger partial charge in [0.15, 0.2) is 11.5 Å². The van der Waals surface area contributed by atoms with Crippen molar-refractivity contribution in [1.29, 1.82) is 0 Å². The van der Waals surface area contributed by atoms with Crippen molar-refractivity contribution in [3.63, 3.8) is 0 Å². The van der Waals surface area contributed by atoms with Crippen LogP contribution in [0, 0.1) is 0 Å². The van der Waals surface area contributed by atoms with Crippen molar-refractivity contribution in [3.05, 3.63) is 36.2 Å². The van der Waals surface area contributed by atoms with Gasteiger partial charge in [0.25, 0.3) is 0 Å². The van der Waals surface area contributed by atoms with Crippen LogP contribution in [0.1, 0.15) is 25.6 Å². The molecule has 0 saturated heterocycles. The number of nitrogens with one attached hydrogen (secondary N) is 1. The van der Waals surface area contributed by atoms with Crippen molar-refractivity contribution in [2.75, 3.05) is 25.3 Å². The SMILES string of the molecule is COc1cc(NC(=O)CSc2ccc3nnc(C(C)C)n3n2)cc(OC)c1. The molecule has 27 heavy (non-hydrogen) atoms. The van der Waals surface area contributed by atoms with Crippen LogP contribution in [0.4, 0.5) is 5.69 Å². The van der Waals surface area contributed by atoms with Gasteiger partial charge in [-0.05, 0) is 12.1 Å². The van der Waals surface area contributed by atoms with E-state index in [4.69, 9.17) is 9.47 Å². The first-order valence-corrected chi connectivity index (χ1v) is 9.36. The van der Waals surface area contributed by atoms with Crippen LogP contribution in [0.25, 0.3) is 5.65 Å². The van der Waals surface area contributed by atoms with Crippen molar-refractivity contribution >= 4 is 29.0 Å². The fraction of sp³-hybridized carbons (Fsp3) is 0.333. The molecular weight excluding hydrogens is 366 g/mol. The Labute approximate surface area is 161 Å². The third-order valence-corrected chi connectivity index (χ3v) is 4.69. The lowest BCUT2D eigenvalue weighted by atomic mass is 10.2. The van der Waals surface area contributed by atoms with Crippen LogP contribution in [0.2, 0.25) is 0 Å². The van der Waals surface area contributed by atoms with Crippen molar-refractivity contribution in [2.45, 2.75) is 24.8 Å². The fourth-order valence-corrected chi connectivity index (χ4v) is 3.10. The average Bonchev–Trinajstić information content (AvgIpc) is 3.09. The number of hydrogen-bond acceptors (Lipinski definition) is 7. The zero-order valence-corrected chi connectivity index (χ0v) is 16.4. The maximum Gasteiger partial charge on any atom is 0.234 e. The van der Waals surface area contributed by atoms with Crippen molar-refractivity contribution in [3.8, 4) is 11.5 Å². The molecule has 0 aliphatic carbocycles. The highest BCUT2D eigenvalue weighted by Gasteiger charge is 2.12. The molecule has 0 aliphatic rings. The number of ether oxygens (including phenoxy) is 2. The van der Waals surface area contributed by atoms with Gasteiger partial charge in [-0.2, -0.15) is 9.61 Å². The summed E-state index contributed by atoms with van der Waals surface area (Å²) in [6, 6.07) is 8.90. The second-order valence-corrected chi connectivity index (χ2v) is 7.09. The normalized spacial score (nSPS) is 11.0. The Morgan fingerprint density at radius 2 is 1.85 bits per heavy atom. The number of carbonyl (C=O) groups excluding carboxylic acids is 1. The van der Waals surface area contributed by atoms with E-state index in [1.165, 1.54) is 11.8 Å². The third kappa shape index (κ3) is 4.48. The highest BCUT2D eigenvalue weighted by atomic mass is 32.2. The van der Waals surface area contributed by atoms with Crippen LogP contribution in [0.3, 0.4) is 0 Å². The van der Waals surface area contributed by atoms with Crippen LogP contribution in [0.5, 0.6) is 11.5 Å². The number of anilines is 1. The number of fused-ring (bicyclic) bond motifs is 1. The second kappa shape index (κ2) is 8.26. The number of carbonyl (C=O) groups is 1. The summed E-state index contributed by atoms with van der Waals surface area (Å²) in [7, 11) is 3.13. The Kier molecular flexibility index (Phi) is 5.80. The number of thioether (sulfide) groups is 1. The Balaban J connectivity index is 1.67. The molecular formula is C18H21N5O3S. The predicted octanol–water partition coefficient (Wildman–Crippen LogP) is 3.00. The maximum atomic E-state index is 12.3.